The first kappa shape index (κ1) is 13.2. The number of carbonyl (C=O) groups excluding carboxylic acids is 1. The fraction of sp³-hybridized carbons (Fsp3) is 0.471. The second kappa shape index (κ2) is 5.70. The van der Waals surface area contributed by atoms with Gasteiger partial charge in [-0.15, -0.1) is 0 Å². The van der Waals surface area contributed by atoms with Crippen LogP contribution in [0.4, 0.5) is 0 Å². The molecule has 20 heavy (non-hydrogen) atoms. The van der Waals surface area contributed by atoms with Gasteiger partial charge in [0.15, 0.2) is 0 Å². The van der Waals surface area contributed by atoms with Gasteiger partial charge in [0, 0.05) is 31.2 Å². The van der Waals surface area contributed by atoms with Crippen molar-refractivity contribution in [1.82, 2.24) is 9.88 Å². The molecule has 0 aliphatic carbocycles. The van der Waals surface area contributed by atoms with Crippen molar-refractivity contribution in [3.05, 3.63) is 36.0 Å². The summed E-state index contributed by atoms with van der Waals surface area (Å²) in [5.41, 5.74) is 2.40. The molecule has 3 nitrogen and oxygen atoms in total. The van der Waals surface area contributed by atoms with Crippen LogP contribution in [0.5, 0.6) is 0 Å². The number of likely N-dealkylation sites (tertiary alicyclic amines) is 1. The SMILES string of the molecule is C[C@@H]1CCCN(C(=O)CCc2ccc3[nH]ccc3c2)C1. The van der Waals surface area contributed by atoms with Gasteiger partial charge in [0.05, 0.1) is 0 Å². The van der Waals surface area contributed by atoms with Crippen molar-refractivity contribution in [2.45, 2.75) is 32.6 Å². The van der Waals surface area contributed by atoms with E-state index in [1.165, 1.54) is 17.4 Å². The number of amides is 1. The van der Waals surface area contributed by atoms with Crippen molar-refractivity contribution in [1.29, 1.82) is 0 Å². The number of nitrogens with zero attached hydrogens (tertiary/aromatic N) is 1. The molecule has 0 saturated carbocycles. The van der Waals surface area contributed by atoms with Gasteiger partial charge in [0.25, 0.3) is 0 Å². The number of benzene rings is 1. The minimum Gasteiger partial charge on any atom is -0.361 e. The van der Waals surface area contributed by atoms with E-state index in [-0.39, 0.29) is 0 Å². The van der Waals surface area contributed by atoms with Crippen molar-refractivity contribution in [3.63, 3.8) is 0 Å². The first-order valence-corrected chi connectivity index (χ1v) is 7.56. The summed E-state index contributed by atoms with van der Waals surface area (Å²) in [7, 11) is 0. The number of hydrogen-bond donors (Lipinski definition) is 1. The third-order valence-corrected chi connectivity index (χ3v) is 4.25. The Kier molecular flexibility index (Phi) is 3.77. The van der Waals surface area contributed by atoms with Crippen LogP contribution in [0.15, 0.2) is 30.5 Å². The van der Waals surface area contributed by atoms with Crippen molar-refractivity contribution in [3.8, 4) is 0 Å². The number of piperidine rings is 1. The lowest BCUT2D eigenvalue weighted by atomic mass is 9.99. The molecule has 1 atom stereocenters. The number of nitrogens with one attached hydrogen (secondary N) is 1. The van der Waals surface area contributed by atoms with E-state index in [4.69, 9.17) is 0 Å². The number of carbonyl (C=O) groups is 1. The summed E-state index contributed by atoms with van der Waals surface area (Å²) >= 11 is 0. The lowest BCUT2D eigenvalue weighted by Gasteiger charge is -2.31. The molecule has 0 radical (unpaired) electrons. The first-order chi connectivity index (χ1) is 9.72. The van der Waals surface area contributed by atoms with Gasteiger partial charge in [-0.1, -0.05) is 13.0 Å². The molecule has 2 heterocycles. The molecule has 1 fully saturated rings. The molecule has 1 N–H and O–H groups in total. The summed E-state index contributed by atoms with van der Waals surface area (Å²) in [5, 5.41) is 1.22. The highest BCUT2D eigenvalue weighted by Gasteiger charge is 2.20. The van der Waals surface area contributed by atoms with E-state index >= 15 is 0 Å². The molecule has 106 valence electrons. The number of hydrogen-bond acceptors (Lipinski definition) is 1. The topological polar surface area (TPSA) is 36.1 Å². The fourth-order valence-corrected chi connectivity index (χ4v) is 3.08. The van der Waals surface area contributed by atoms with Crippen LogP contribution < -0.4 is 0 Å². The average Bonchev–Trinajstić information content (AvgIpc) is 2.92. The summed E-state index contributed by atoms with van der Waals surface area (Å²) in [4.78, 5) is 17.5. The zero-order valence-electron chi connectivity index (χ0n) is 12.1. The molecule has 0 bridgehead atoms. The minimum atomic E-state index is 0.311. The van der Waals surface area contributed by atoms with Gasteiger partial charge < -0.3 is 9.88 Å². The van der Waals surface area contributed by atoms with E-state index in [2.05, 4.69) is 36.2 Å². The molecule has 3 heteroatoms. The first-order valence-electron chi connectivity index (χ1n) is 7.56. The second-order valence-corrected chi connectivity index (χ2v) is 5.99. The number of aromatic nitrogens is 1. The maximum atomic E-state index is 12.3. The predicted molar refractivity (Wildman–Crippen MR) is 81.6 cm³/mol. The number of aromatic amines is 1. The van der Waals surface area contributed by atoms with Gasteiger partial charge in [0.1, 0.15) is 0 Å². The lowest BCUT2D eigenvalue weighted by molar-refractivity contribution is -0.132. The Bertz CT molecular complexity index is 602. The monoisotopic (exact) mass is 270 g/mol. The highest BCUT2D eigenvalue weighted by molar-refractivity contribution is 5.80. The van der Waals surface area contributed by atoms with Gasteiger partial charge in [-0.2, -0.15) is 0 Å². The van der Waals surface area contributed by atoms with Crippen LogP contribution in [0.2, 0.25) is 0 Å². The molecule has 1 aliphatic heterocycles. The van der Waals surface area contributed by atoms with Crippen molar-refractivity contribution in [2.24, 2.45) is 5.92 Å². The van der Waals surface area contributed by atoms with Crippen molar-refractivity contribution < 1.29 is 4.79 Å². The molecule has 3 rings (SSSR count). The fourth-order valence-electron chi connectivity index (χ4n) is 3.08. The Morgan fingerprint density at radius 2 is 2.30 bits per heavy atom. The van der Waals surface area contributed by atoms with Crippen LogP contribution in [0, 0.1) is 5.92 Å². The molecule has 1 aromatic heterocycles. The third-order valence-electron chi connectivity index (χ3n) is 4.25. The maximum absolute atomic E-state index is 12.3. The standard InChI is InChI=1S/C17H22N2O/c1-13-3-2-10-19(12-13)17(20)7-5-14-4-6-16-15(11-14)8-9-18-16/h4,6,8-9,11,13,18H,2-3,5,7,10,12H2,1H3/t13-/m1/s1. The minimum absolute atomic E-state index is 0.311. The number of aryl methyl sites for hydroxylation is 1. The molecule has 1 aromatic carbocycles. The quantitative estimate of drug-likeness (QED) is 0.912. The van der Waals surface area contributed by atoms with Crippen LogP contribution in [-0.4, -0.2) is 28.9 Å². The predicted octanol–water partition coefficient (Wildman–Crippen LogP) is 3.36. The van der Waals surface area contributed by atoms with Gasteiger partial charge in [-0.05, 0) is 54.3 Å². The lowest BCUT2D eigenvalue weighted by Crippen LogP contribution is -2.39. The number of rotatable bonds is 3. The van der Waals surface area contributed by atoms with E-state index in [1.54, 1.807) is 0 Å². The smallest absolute Gasteiger partial charge is 0.222 e. The molecule has 0 unspecified atom stereocenters. The molecule has 2 aromatic rings. The van der Waals surface area contributed by atoms with Gasteiger partial charge in [-0.25, -0.2) is 0 Å². The maximum Gasteiger partial charge on any atom is 0.222 e. The molecule has 0 spiro atoms. The zero-order valence-corrected chi connectivity index (χ0v) is 12.1. The molecule has 1 amide bonds. The zero-order chi connectivity index (χ0) is 13.9. The highest BCUT2D eigenvalue weighted by atomic mass is 16.2. The van der Waals surface area contributed by atoms with E-state index in [0.717, 1.165) is 31.4 Å². The Hall–Kier alpha value is -1.77. The number of fused-ring (bicyclic) bond motifs is 1. The van der Waals surface area contributed by atoms with Crippen LogP contribution in [0.1, 0.15) is 31.7 Å². The summed E-state index contributed by atoms with van der Waals surface area (Å²) in [5.74, 6) is 0.967. The molecule has 1 saturated heterocycles. The van der Waals surface area contributed by atoms with Crippen molar-refractivity contribution >= 4 is 16.8 Å². The Labute approximate surface area is 120 Å². The van der Waals surface area contributed by atoms with Gasteiger partial charge in [0.2, 0.25) is 5.91 Å². The van der Waals surface area contributed by atoms with Crippen LogP contribution in [-0.2, 0) is 11.2 Å². The van der Waals surface area contributed by atoms with Crippen LogP contribution >= 0.6 is 0 Å². The van der Waals surface area contributed by atoms with E-state index in [9.17, 15) is 4.79 Å². The van der Waals surface area contributed by atoms with Gasteiger partial charge in [-0.3, -0.25) is 4.79 Å². The third kappa shape index (κ3) is 2.87. The van der Waals surface area contributed by atoms with Crippen LogP contribution in [0.3, 0.4) is 0 Å². The highest BCUT2D eigenvalue weighted by Crippen LogP contribution is 2.18. The summed E-state index contributed by atoms with van der Waals surface area (Å²) < 4.78 is 0. The summed E-state index contributed by atoms with van der Waals surface area (Å²) in [6, 6.07) is 8.47. The van der Waals surface area contributed by atoms with E-state index in [0.29, 0.717) is 18.2 Å². The Morgan fingerprint density at radius 1 is 1.40 bits per heavy atom. The van der Waals surface area contributed by atoms with E-state index < -0.39 is 0 Å². The van der Waals surface area contributed by atoms with Gasteiger partial charge >= 0.3 is 0 Å². The van der Waals surface area contributed by atoms with Crippen LogP contribution in [0.25, 0.3) is 10.9 Å². The average molecular weight is 270 g/mol. The normalized spacial score (nSPS) is 19.4. The molecular formula is C17H22N2O. The van der Waals surface area contributed by atoms with Crippen molar-refractivity contribution in [2.75, 3.05) is 13.1 Å². The Balaban J connectivity index is 1.59. The summed E-state index contributed by atoms with van der Waals surface area (Å²) in [6.45, 7) is 4.12. The molecule has 1 aliphatic rings. The Morgan fingerprint density at radius 3 is 3.15 bits per heavy atom. The molecular weight excluding hydrogens is 248 g/mol. The van der Waals surface area contributed by atoms with E-state index in [1.807, 2.05) is 11.1 Å². The second-order valence-electron chi connectivity index (χ2n) is 5.99. The number of H-pyrrole nitrogens is 1. The largest absolute Gasteiger partial charge is 0.361 e. The summed E-state index contributed by atoms with van der Waals surface area (Å²) in [6.07, 6.45) is 5.83.